The molecule has 0 saturated heterocycles. The minimum atomic E-state index is 1.09. The molecule has 1 aromatic rings. The van der Waals surface area contributed by atoms with Crippen molar-refractivity contribution < 1.29 is 0 Å². The van der Waals surface area contributed by atoms with E-state index in [1.165, 1.54) is 17.0 Å². The summed E-state index contributed by atoms with van der Waals surface area (Å²) in [7, 11) is 0. The Labute approximate surface area is 62.7 Å². The van der Waals surface area contributed by atoms with Gasteiger partial charge in [-0.25, -0.2) is 0 Å². The number of rotatable bonds is 1. The van der Waals surface area contributed by atoms with Crippen LogP contribution in [0.2, 0.25) is 0 Å². The summed E-state index contributed by atoms with van der Waals surface area (Å²) in [5.41, 5.74) is 4.18. The molecule has 0 aliphatic heterocycles. The fourth-order valence-corrected chi connectivity index (χ4v) is 1.46. The average Bonchev–Trinajstić information content (AvgIpc) is 2.09. The van der Waals surface area contributed by atoms with Gasteiger partial charge in [0.1, 0.15) is 0 Å². The van der Waals surface area contributed by atoms with Crippen molar-refractivity contribution in [1.82, 2.24) is 4.57 Å². The molecule has 0 fully saturated rings. The second kappa shape index (κ2) is 2.49. The molecule has 0 saturated carbocycles. The third-order valence-electron chi connectivity index (χ3n) is 2.14. The molecule has 0 N–H and O–H groups in total. The minimum Gasteiger partial charge on any atom is -0.349 e. The third-order valence-corrected chi connectivity index (χ3v) is 2.14. The summed E-state index contributed by atoms with van der Waals surface area (Å²) < 4.78 is 2.33. The van der Waals surface area contributed by atoms with Crippen LogP contribution in [-0.2, 0) is 6.54 Å². The highest BCUT2D eigenvalue weighted by molar-refractivity contribution is 5.24. The highest BCUT2D eigenvalue weighted by atomic mass is 15.0. The largest absolute Gasteiger partial charge is 0.349 e. The molecule has 1 rings (SSSR count). The first-order valence-electron chi connectivity index (χ1n) is 3.80. The van der Waals surface area contributed by atoms with Gasteiger partial charge in [-0.05, 0) is 39.3 Å². The van der Waals surface area contributed by atoms with Crippen molar-refractivity contribution in [1.29, 1.82) is 0 Å². The summed E-state index contributed by atoms with van der Waals surface area (Å²) in [5.74, 6) is 0. The number of aryl methyl sites for hydroxylation is 2. The summed E-state index contributed by atoms with van der Waals surface area (Å²) in [4.78, 5) is 0. The van der Waals surface area contributed by atoms with E-state index in [2.05, 4.69) is 38.3 Å². The van der Waals surface area contributed by atoms with Crippen LogP contribution in [-0.4, -0.2) is 4.57 Å². The van der Waals surface area contributed by atoms with Gasteiger partial charge in [-0.2, -0.15) is 0 Å². The Morgan fingerprint density at radius 1 is 1.30 bits per heavy atom. The lowest BCUT2D eigenvalue weighted by atomic mass is 10.3. The van der Waals surface area contributed by atoms with Crippen molar-refractivity contribution in [2.45, 2.75) is 34.2 Å². The highest BCUT2D eigenvalue weighted by Gasteiger charge is 2.01. The first-order chi connectivity index (χ1) is 4.66. The lowest BCUT2D eigenvalue weighted by Gasteiger charge is -2.03. The second-order valence-electron chi connectivity index (χ2n) is 2.80. The first-order valence-corrected chi connectivity index (χ1v) is 3.80. The predicted molar refractivity (Wildman–Crippen MR) is 44.3 cm³/mol. The Morgan fingerprint density at radius 3 is 2.10 bits per heavy atom. The van der Waals surface area contributed by atoms with Gasteiger partial charge in [0.05, 0.1) is 0 Å². The second-order valence-corrected chi connectivity index (χ2v) is 2.80. The van der Waals surface area contributed by atoms with E-state index in [0.29, 0.717) is 0 Å². The molecule has 1 heteroatoms. The Bertz CT molecular complexity index is 233. The lowest BCUT2D eigenvalue weighted by Crippen LogP contribution is -1.98. The fraction of sp³-hybridized carbons (Fsp3) is 0.556. The van der Waals surface area contributed by atoms with Gasteiger partial charge in [-0.3, -0.25) is 0 Å². The van der Waals surface area contributed by atoms with Crippen LogP contribution in [0, 0.1) is 20.8 Å². The zero-order valence-corrected chi connectivity index (χ0v) is 7.23. The van der Waals surface area contributed by atoms with Crippen molar-refractivity contribution in [3.8, 4) is 0 Å². The minimum absolute atomic E-state index is 1.09. The summed E-state index contributed by atoms with van der Waals surface area (Å²) >= 11 is 0. The van der Waals surface area contributed by atoms with Crippen LogP contribution < -0.4 is 0 Å². The van der Waals surface area contributed by atoms with Gasteiger partial charge in [-0.15, -0.1) is 0 Å². The molecule has 0 aliphatic rings. The molecule has 56 valence electrons. The monoisotopic (exact) mass is 137 g/mol. The maximum atomic E-state index is 2.33. The molecule has 0 radical (unpaired) electrons. The van der Waals surface area contributed by atoms with Gasteiger partial charge in [-0.1, -0.05) is 0 Å². The van der Waals surface area contributed by atoms with E-state index in [-0.39, 0.29) is 0 Å². The molecular formula is C9H15N. The summed E-state index contributed by atoms with van der Waals surface area (Å²) in [6, 6.07) is 2.23. The van der Waals surface area contributed by atoms with Crippen LogP contribution in [0.15, 0.2) is 6.07 Å². The molecule has 0 amide bonds. The third kappa shape index (κ3) is 0.962. The standard InChI is InChI=1S/C9H15N/c1-5-10-8(3)6-7(2)9(10)4/h6H,5H2,1-4H3. The van der Waals surface area contributed by atoms with Gasteiger partial charge < -0.3 is 4.57 Å². The molecule has 1 heterocycles. The van der Waals surface area contributed by atoms with Crippen molar-refractivity contribution in [3.63, 3.8) is 0 Å². The normalized spacial score (nSPS) is 10.4. The number of aromatic nitrogens is 1. The van der Waals surface area contributed by atoms with E-state index in [4.69, 9.17) is 0 Å². The van der Waals surface area contributed by atoms with Gasteiger partial charge in [0.25, 0.3) is 0 Å². The average molecular weight is 137 g/mol. The molecule has 0 unspecified atom stereocenters. The zero-order valence-electron chi connectivity index (χ0n) is 7.23. The molecule has 0 aliphatic carbocycles. The fourth-order valence-electron chi connectivity index (χ4n) is 1.46. The van der Waals surface area contributed by atoms with Gasteiger partial charge in [0.2, 0.25) is 0 Å². The quantitative estimate of drug-likeness (QED) is 0.560. The summed E-state index contributed by atoms with van der Waals surface area (Å²) in [5, 5.41) is 0. The van der Waals surface area contributed by atoms with Crippen LogP contribution in [0.3, 0.4) is 0 Å². The summed E-state index contributed by atoms with van der Waals surface area (Å²) in [6.45, 7) is 9.76. The zero-order chi connectivity index (χ0) is 7.72. The maximum absolute atomic E-state index is 2.33. The molecule has 0 aromatic carbocycles. The summed E-state index contributed by atoms with van der Waals surface area (Å²) in [6.07, 6.45) is 0. The van der Waals surface area contributed by atoms with Gasteiger partial charge in [0, 0.05) is 17.9 Å². The molecule has 1 nitrogen and oxygen atoms in total. The van der Waals surface area contributed by atoms with E-state index in [1.807, 2.05) is 0 Å². The Kier molecular flexibility index (Phi) is 1.84. The number of nitrogens with zero attached hydrogens (tertiary/aromatic N) is 1. The van der Waals surface area contributed by atoms with E-state index in [1.54, 1.807) is 0 Å². The van der Waals surface area contributed by atoms with E-state index in [0.717, 1.165) is 6.54 Å². The SMILES string of the molecule is CCn1c(C)cc(C)c1C. The van der Waals surface area contributed by atoms with Crippen molar-refractivity contribution >= 4 is 0 Å². The number of hydrogen-bond acceptors (Lipinski definition) is 0. The van der Waals surface area contributed by atoms with E-state index in [9.17, 15) is 0 Å². The van der Waals surface area contributed by atoms with Crippen molar-refractivity contribution in [2.75, 3.05) is 0 Å². The predicted octanol–water partition coefficient (Wildman–Crippen LogP) is 2.43. The lowest BCUT2D eigenvalue weighted by molar-refractivity contribution is 0.717. The molecule has 0 spiro atoms. The first kappa shape index (κ1) is 7.39. The Morgan fingerprint density at radius 2 is 1.90 bits per heavy atom. The van der Waals surface area contributed by atoms with Crippen LogP contribution in [0.4, 0.5) is 0 Å². The van der Waals surface area contributed by atoms with E-state index < -0.39 is 0 Å². The van der Waals surface area contributed by atoms with Gasteiger partial charge in [0.15, 0.2) is 0 Å². The van der Waals surface area contributed by atoms with Crippen LogP contribution in [0.5, 0.6) is 0 Å². The Balaban J connectivity index is 3.20. The van der Waals surface area contributed by atoms with Crippen LogP contribution in [0.1, 0.15) is 23.9 Å². The molecule has 0 bridgehead atoms. The van der Waals surface area contributed by atoms with Crippen LogP contribution >= 0.6 is 0 Å². The maximum Gasteiger partial charge on any atom is 0.0196 e. The smallest absolute Gasteiger partial charge is 0.0196 e. The van der Waals surface area contributed by atoms with Gasteiger partial charge >= 0.3 is 0 Å². The van der Waals surface area contributed by atoms with Crippen LogP contribution in [0.25, 0.3) is 0 Å². The molecule has 0 atom stereocenters. The van der Waals surface area contributed by atoms with Crippen molar-refractivity contribution in [2.24, 2.45) is 0 Å². The topological polar surface area (TPSA) is 4.93 Å². The Hall–Kier alpha value is -0.720. The molecular weight excluding hydrogens is 122 g/mol. The highest BCUT2D eigenvalue weighted by Crippen LogP contribution is 2.12. The van der Waals surface area contributed by atoms with Crippen molar-refractivity contribution in [3.05, 3.63) is 23.0 Å². The van der Waals surface area contributed by atoms with E-state index >= 15 is 0 Å². The molecule has 1 aromatic heterocycles. The molecule has 10 heavy (non-hydrogen) atoms. The number of hydrogen-bond donors (Lipinski definition) is 0.